The molecule has 0 aliphatic heterocycles. The first-order valence-electron chi connectivity index (χ1n) is 11.6. The van der Waals surface area contributed by atoms with Crippen molar-refractivity contribution in [3.05, 3.63) is 0 Å². The molecule has 0 heterocycles. The van der Waals surface area contributed by atoms with Gasteiger partial charge in [-0.2, -0.15) is 0 Å². The third-order valence-electron chi connectivity index (χ3n) is 5.97. The second-order valence-electron chi connectivity index (χ2n) is 8.05. The van der Waals surface area contributed by atoms with Crippen molar-refractivity contribution in [2.75, 3.05) is 26.2 Å². The average molecular weight is 403 g/mol. The molecule has 0 spiro atoms. The molecule has 0 aromatic heterocycles. The number of carboxylic acid groups (broad SMARTS) is 2. The van der Waals surface area contributed by atoms with Crippen LogP contribution in [-0.2, 0) is 9.59 Å². The summed E-state index contributed by atoms with van der Waals surface area (Å²) in [6.07, 6.45) is 11.3. The van der Waals surface area contributed by atoms with Crippen LogP contribution in [0.2, 0.25) is 0 Å². The third kappa shape index (κ3) is 10.4. The highest BCUT2D eigenvalue weighted by atomic mass is 16.4. The van der Waals surface area contributed by atoms with Crippen molar-refractivity contribution in [2.24, 2.45) is 5.41 Å². The van der Waals surface area contributed by atoms with Gasteiger partial charge >= 0.3 is 11.9 Å². The van der Waals surface area contributed by atoms with Crippen molar-refractivity contribution in [3.63, 3.8) is 0 Å². The van der Waals surface area contributed by atoms with Crippen LogP contribution in [0.1, 0.15) is 106 Å². The number of nitrogens with zero attached hydrogens (tertiary/aromatic N) is 1. The number of carboxylic acids is 2. The third-order valence-corrected chi connectivity index (χ3v) is 5.97. The number of rotatable bonds is 16. The molecule has 0 atom stereocenters. The Hall–Kier alpha value is -1.10. The van der Waals surface area contributed by atoms with Gasteiger partial charge < -0.3 is 14.7 Å². The standard InChI is InChI=1S/C16H36N.C7H12O4/c1-5-9-13-17(14-10-6-2,15-11-7-3)16-12-8-4;1-3-7(4-2,5(8)9)6(10)11/h5-16H2,1-4H3;3-4H2,1-2H3,(H,8,9)(H,10,11)/q+1;. The van der Waals surface area contributed by atoms with Gasteiger partial charge in [0.25, 0.3) is 0 Å². The molecule has 0 unspecified atom stereocenters. The Balaban J connectivity index is 0. The smallest absolute Gasteiger partial charge is 0.321 e. The van der Waals surface area contributed by atoms with Gasteiger partial charge in [0, 0.05) is 0 Å². The predicted octanol–water partition coefficient (Wildman–Crippen LogP) is 5.97. The minimum atomic E-state index is -1.58. The maximum absolute atomic E-state index is 10.5. The maximum Gasteiger partial charge on any atom is 0.321 e. The molecule has 168 valence electrons. The fraction of sp³-hybridized carbons (Fsp3) is 0.913. The summed E-state index contributed by atoms with van der Waals surface area (Å²) in [5.74, 6) is -2.51. The van der Waals surface area contributed by atoms with E-state index in [1.54, 1.807) is 13.8 Å². The Bertz CT molecular complexity index is 352. The van der Waals surface area contributed by atoms with Gasteiger partial charge in [0.2, 0.25) is 0 Å². The summed E-state index contributed by atoms with van der Waals surface area (Å²) < 4.78 is 1.42. The molecule has 0 saturated carbocycles. The molecule has 0 aromatic carbocycles. The zero-order valence-corrected chi connectivity index (χ0v) is 19.6. The monoisotopic (exact) mass is 402 g/mol. The largest absolute Gasteiger partial charge is 0.480 e. The summed E-state index contributed by atoms with van der Waals surface area (Å²) in [5.41, 5.74) is -1.58. The van der Waals surface area contributed by atoms with Gasteiger partial charge in [-0.15, -0.1) is 0 Å². The molecule has 5 heteroatoms. The average Bonchev–Trinajstić information content (AvgIpc) is 2.68. The first-order valence-corrected chi connectivity index (χ1v) is 11.6. The quantitative estimate of drug-likeness (QED) is 0.246. The van der Waals surface area contributed by atoms with E-state index in [0.717, 1.165) is 0 Å². The lowest BCUT2D eigenvalue weighted by atomic mass is 9.83. The van der Waals surface area contributed by atoms with E-state index in [0.29, 0.717) is 0 Å². The highest BCUT2D eigenvalue weighted by Gasteiger charge is 2.42. The minimum absolute atomic E-state index is 0.119. The fourth-order valence-electron chi connectivity index (χ4n) is 3.59. The van der Waals surface area contributed by atoms with Crippen LogP contribution in [0.15, 0.2) is 0 Å². The van der Waals surface area contributed by atoms with E-state index < -0.39 is 17.4 Å². The Labute approximate surface area is 174 Å². The van der Waals surface area contributed by atoms with E-state index in [1.165, 1.54) is 82.0 Å². The van der Waals surface area contributed by atoms with Gasteiger partial charge in [-0.25, -0.2) is 0 Å². The molecule has 0 aliphatic rings. The summed E-state index contributed by atoms with van der Waals surface area (Å²) in [6.45, 7) is 18.1. The van der Waals surface area contributed by atoms with E-state index in [9.17, 15) is 9.59 Å². The maximum atomic E-state index is 10.5. The molecule has 0 radical (unpaired) electrons. The van der Waals surface area contributed by atoms with E-state index in [2.05, 4.69) is 27.7 Å². The van der Waals surface area contributed by atoms with Gasteiger partial charge in [0.15, 0.2) is 5.41 Å². The zero-order valence-electron chi connectivity index (χ0n) is 19.6. The molecule has 0 saturated heterocycles. The molecule has 0 fully saturated rings. The summed E-state index contributed by atoms with van der Waals surface area (Å²) in [7, 11) is 0. The van der Waals surface area contributed by atoms with E-state index >= 15 is 0 Å². The first kappa shape index (κ1) is 29.1. The number of unbranched alkanes of at least 4 members (excludes halogenated alkanes) is 4. The van der Waals surface area contributed by atoms with Crippen molar-refractivity contribution in [1.82, 2.24) is 0 Å². The Kier molecular flexibility index (Phi) is 17.5. The Morgan fingerprint density at radius 1 is 0.607 bits per heavy atom. The lowest BCUT2D eigenvalue weighted by Crippen LogP contribution is -2.50. The predicted molar refractivity (Wildman–Crippen MR) is 118 cm³/mol. The van der Waals surface area contributed by atoms with Crippen LogP contribution < -0.4 is 0 Å². The van der Waals surface area contributed by atoms with Crippen LogP contribution in [0.5, 0.6) is 0 Å². The van der Waals surface area contributed by atoms with Gasteiger partial charge in [-0.3, -0.25) is 9.59 Å². The second kappa shape index (κ2) is 16.8. The zero-order chi connectivity index (χ0) is 22.1. The molecular formula is C23H48NO4+. The molecule has 0 bridgehead atoms. The van der Waals surface area contributed by atoms with Gasteiger partial charge in [0.05, 0.1) is 26.2 Å². The minimum Gasteiger partial charge on any atom is -0.480 e. The van der Waals surface area contributed by atoms with E-state index in [1.807, 2.05) is 0 Å². The van der Waals surface area contributed by atoms with Crippen LogP contribution in [0.4, 0.5) is 0 Å². The summed E-state index contributed by atoms with van der Waals surface area (Å²) in [6, 6.07) is 0. The number of carbonyl (C=O) groups is 2. The number of hydrogen-bond acceptors (Lipinski definition) is 2. The SMILES string of the molecule is CCC(CC)(C(=O)O)C(=O)O.CCCC[N+](CCCC)(CCCC)CCCC. The van der Waals surface area contributed by atoms with Crippen LogP contribution in [0.25, 0.3) is 0 Å². The molecule has 5 nitrogen and oxygen atoms in total. The Morgan fingerprint density at radius 3 is 0.964 bits per heavy atom. The van der Waals surface area contributed by atoms with Crippen LogP contribution >= 0.6 is 0 Å². The van der Waals surface area contributed by atoms with Crippen molar-refractivity contribution in [2.45, 2.75) is 106 Å². The van der Waals surface area contributed by atoms with Gasteiger partial charge in [-0.05, 0) is 38.5 Å². The molecule has 2 N–H and O–H groups in total. The molecule has 0 aliphatic carbocycles. The normalized spacial score (nSPS) is 11.6. The van der Waals surface area contributed by atoms with E-state index in [4.69, 9.17) is 10.2 Å². The van der Waals surface area contributed by atoms with Crippen LogP contribution in [-0.4, -0.2) is 52.8 Å². The van der Waals surface area contributed by atoms with Gasteiger partial charge in [-0.1, -0.05) is 67.2 Å². The van der Waals surface area contributed by atoms with Crippen LogP contribution in [0.3, 0.4) is 0 Å². The Morgan fingerprint density at radius 2 is 0.857 bits per heavy atom. The highest BCUT2D eigenvalue weighted by molar-refractivity contribution is 5.98. The first-order chi connectivity index (χ1) is 13.3. The number of aliphatic carboxylic acids is 2. The lowest BCUT2D eigenvalue weighted by Gasteiger charge is -2.39. The summed E-state index contributed by atoms with van der Waals surface area (Å²) in [5, 5.41) is 17.2. The van der Waals surface area contributed by atoms with Crippen molar-refractivity contribution in [3.8, 4) is 0 Å². The molecule has 0 rings (SSSR count). The molecule has 0 amide bonds. The van der Waals surface area contributed by atoms with Crippen molar-refractivity contribution in [1.29, 1.82) is 0 Å². The summed E-state index contributed by atoms with van der Waals surface area (Å²) >= 11 is 0. The number of quaternary nitrogens is 1. The fourth-order valence-corrected chi connectivity index (χ4v) is 3.59. The second-order valence-corrected chi connectivity index (χ2v) is 8.05. The van der Waals surface area contributed by atoms with E-state index in [-0.39, 0.29) is 12.8 Å². The molecular weight excluding hydrogens is 354 g/mol. The molecule has 0 aromatic rings. The topological polar surface area (TPSA) is 74.6 Å². The van der Waals surface area contributed by atoms with Crippen molar-refractivity contribution < 1.29 is 24.3 Å². The van der Waals surface area contributed by atoms with Crippen LogP contribution in [0, 0.1) is 5.41 Å². The van der Waals surface area contributed by atoms with Gasteiger partial charge in [0.1, 0.15) is 0 Å². The van der Waals surface area contributed by atoms with Crippen molar-refractivity contribution >= 4 is 11.9 Å². The molecule has 28 heavy (non-hydrogen) atoms. The highest BCUT2D eigenvalue weighted by Crippen LogP contribution is 2.26. The lowest BCUT2D eigenvalue weighted by molar-refractivity contribution is -0.929. The summed E-state index contributed by atoms with van der Waals surface area (Å²) in [4.78, 5) is 21.1. The number of hydrogen-bond donors (Lipinski definition) is 2.